The minimum atomic E-state index is -0.764. The van der Waals surface area contributed by atoms with Crippen molar-refractivity contribution in [2.75, 3.05) is 7.11 Å². The molecule has 38 heavy (non-hydrogen) atoms. The highest BCUT2D eigenvalue weighted by Gasteiger charge is 2.48. The van der Waals surface area contributed by atoms with Crippen LogP contribution in [0, 0.1) is 0 Å². The van der Waals surface area contributed by atoms with Crippen LogP contribution in [0.25, 0.3) is 0 Å². The molecule has 3 aromatic rings. The van der Waals surface area contributed by atoms with Crippen LogP contribution in [0.5, 0.6) is 0 Å². The molecule has 0 amide bonds. The smallest absolute Gasteiger partial charge is 0.189 e. The molecule has 1 N–H and O–H groups in total. The van der Waals surface area contributed by atoms with Crippen molar-refractivity contribution in [2.45, 2.75) is 57.6 Å². The average Bonchev–Trinajstić information content (AvgIpc) is 2.96. The van der Waals surface area contributed by atoms with Gasteiger partial charge in [0.25, 0.3) is 0 Å². The summed E-state index contributed by atoms with van der Waals surface area (Å²) in [4.78, 5) is 11.6. The average molecular weight is 518 g/mol. The molecule has 200 valence electrons. The van der Waals surface area contributed by atoms with Gasteiger partial charge in [0.2, 0.25) is 0 Å². The Bertz CT molecular complexity index is 1120. The van der Waals surface area contributed by atoms with Crippen LogP contribution in [-0.2, 0) is 48.3 Å². The molecule has 0 unspecified atom stereocenters. The number of nitrogens with one attached hydrogen (secondary N) is 1. The molecular formula is C31H35NO6. The van der Waals surface area contributed by atoms with Crippen LogP contribution in [0.2, 0.25) is 0 Å². The zero-order chi connectivity index (χ0) is 26.6. The third-order valence-corrected chi connectivity index (χ3v) is 6.17. The van der Waals surface area contributed by atoms with Crippen molar-refractivity contribution < 1.29 is 28.5 Å². The number of ether oxygens (including phenoxy) is 5. The Labute approximate surface area is 224 Å². The van der Waals surface area contributed by atoms with Gasteiger partial charge in [0.05, 0.1) is 19.8 Å². The third kappa shape index (κ3) is 8.08. The largest absolute Gasteiger partial charge is 0.381 e. The summed E-state index contributed by atoms with van der Waals surface area (Å²) in [5.74, 6) is -0.0779. The molecular weight excluding hydrogens is 482 g/mol. The molecule has 1 fully saturated rings. The number of rotatable bonds is 13. The lowest BCUT2D eigenvalue weighted by Gasteiger charge is -2.45. The van der Waals surface area contributed by atoms with E-state index in [4.69, 9.17) is 23.7 Å². The van der Waals surface area contributed by atoms with E-state index in [1.54, 1.807) is 13.3 Å². The fourth-order valence-corrected chi connectivity index (χ4v) is 4.25. The van der Waals surface area contributed by atoms with Gasteiger partial charge in [-0.3, -0.25) is 4.79 Å². The van der Waals surface area contributed by atoms with Crippen LogP contribution in [0.15, 0.2) is 103 Å². The standard InChI is InChI=1S/C31H35NO6/c1-23(33)18-19-32-27-28(35-20-24-12-6-3-7-13-24)29(36-21-25-14-8-4-9-15-25)31(38-30(27)34-2)37-22-26-16-10-5-11-17-26/h3-19,27-32H,20-22H2,1-2H3/b19-18-/t27-,28-,29+,30+,31+/m1/s1. The van der Waals surface area contributed by atoms with E-state index in [1.165, 1.54) is 13.0 Å². The van der Waals surface area contributed by atoms with Crippen LogP contribution in [0.1, 0.15) is 23.6 Å². The topological polar surface area (TPSA) is 75.2 Å². The van der Waals surface area contributed by atoms with Gasteiger partial charge in [-0.2, -0.15) is 0 Å². The zero-order valence-electron chi connectivity index (χ0n) is 21.8. The molecule has 0 aromatic heterocycles. The van der Waals surface area contributed by atoms with Crippen molar-refractivity contribution in [3.63, 3.8) is 0 Å². The Hall–Kier alpha value is -3.33. The van der Waals surface area contributed by atoms with Gasteiger partial charge in [0.1, 0.15) is 18.2 Å². The number of carbonyl (C=O) groups is 1. The Morgan fingerprint density at radius 2 is 1.21 bits per heavy atom. The summed E-state index contributed by atoms with van der Waals surface area (Å²) >= 11 is 0. The summed E-state index contributed by atoms with van der Waals surface area (Å²) in [5.41, 5.74) is 3.05. The first-order chi connectivity index (χ1) is 18.6. The first kappa shape index (κ1) is 27.7. The maximum absolute atomic E-state index is 11.6. The van der Waals surface area contributed by atoms with Crippen molar-refractivity contribution in [1.82, 2.24) is 5.32 Å². The van der Waals surface area contributed by atoms with E-state index in [9.17, 15) is 4.79 Å². The van der Waals surface area contributed by atoms with Gasteiger partial charge >= 0.3 is 0 Å². The molecule has 3 aromatic carbocycles. The second-order valence-electron chi connectivity index (χ2n) is 9.06. The maximum atomic E-state index is 11.6. The molecule has 4 rings (SSSR count). The van der Waals surface area contributed by atoms with Crippen LogP contribution in [0.4, 0.5) is 0 Å². The summed E-state index contributed by atoms with van der Waals surface area (Å²) in [7, 11) is 1.57. The van der Waals surface area contributed by atoms with Crippen molar-refractivity contribution >= 4 is 5.78 Å². The summed E-state index contributed by atoms with van der Waals surface area (Å²) in [6, 6.07) is 29.3. The predicted molar refractivity (Wildman–Crippen MR) is 144 cm³/mol. The quantitative estimate of drug-likeness (QED) is 0.328. The molecule has 1 aliphatic heterocycles. The normalized spacial score (nSPS) is 23.4. The lowest BCUT2D eigenvalue weighted by Crippen LogP contribution is -2.64. The summed E-state index contributed by atoms with van der Waals surface area (Å²) < 4.78 is 31.2. The first-order valence-corrected chi connectivity index (χ1v) is 12.7. The Kier molecular flexibility index (Phi) is 10.6. The Balaban J connectivity index is 1.61. The van der Waals surface area contributed by atoms with Crippen molar-refractivity contribution in [1.29, 1.82) is 0 Å². The summed E-state index contributed by atoms with van der Waals surface area (Å²) in [6.07, 6.45) is 0.441. The molecule has 1 aliphatic rings. The number of hydrogen-bond donors (Lipinski definition) is 1. The Morgan fingerprint density at radius 1 is 0.737 bits per heavy atom. The second-order valence-corrected chi connectivity index (χ2v) is 9.06. The molecule has 0 aliphatic carbocycles. The van der Waals surface area contributed by atoms with Crippen molar-refractivity contribution in [3.8, 4) is 0 Å². The molecule has 5 atom stereocenters. The molecule has 7 heteroatoms. The van der Waals surface area contributed by atoms with Crippen LogP contribution in [0.3, 0.4) is 0 Å². The molecule has 0 saturated carbocycles. The molecule has 7 nitrogen and oxygen atoms in total. The molecule has 1 heterocycles. The van der Waals surface area contributed by atoms with Gasteiger partial charge in [-0.1, -0.05) is 91.0 Å². The zero-order valence-corrected chi connectivity index (χ0v) is 21.8. The Morgan fingerprint density at radius 3 is 1.68 bits per heavy atom. The number of carbonyl (C=O) groups excluding carboxylic acids is 1. The highest BCUT2D eigenvalue weighted by molar-refractivity contribution is 5.87. The van der Waals surface area contributed by atoms with Crippen molar-refractivity contribution in [2.24, 2.45) is 0 Å². The highest BCUT2D eigenvalue weighted by atomic mass is 16.8. The lowest BCUT2D eigenvalue weighted by molar-refractivity contribution is -0.339. The van der Waals surface area contributed by atoms with E-state index in [-0.39, 0.29) is 5.78 Å². The van der Waals surface area contributed by atoms with Crippen LogP contribution >= 0.6 is 0 Å². The molecule has 1 saturated heterocycles. The minimum absolute atomic E-state index is 0.0779. The van der Waals surface area contributed by atoms with E-state index >= 15 is 0 Å². The fraction of sp³-hybridized carbons (Fsp3) is 0.323. The minimum Gasteiger partial charge on any atom is -0.381 e. The highest BCUT2D eigenvalue weighted by Crippen LogP contribution is 2.29. The number of methoxy groups -OCH3 is 1. The second kappa shape index (κ2) is 14.6. The molecule has 0 spiro atoms. The molecule has 0 bridgehead atoms. The number of benzene rings is 3. The van der Waals surface area contributed by atoms with E-state index in [1.807, 2.05) is 91.0 Å². The van der Waals surface area contributed by atoms with Crippen molar-refractivity contribution in [3.05, 3.63) is 120 Å². The lowest BCUT2D eigenvalue weighted by atomic mass is 10.00. The fourth-order valence-electron chi connectivity index (χ4n) is 4.25. The summed E-state index contributed by atoms with van der Waals surface area (Å²) in [6.45, 7) is 2.53. The van der Waals surface area contributed by atoms with E-state index < -0.39 is 30.8 Å². The van der Waals surface area contributed by atoms with Gasteiger partial charge < -0.3 is 29.0 Å². The van der Waals surface area contributed by atoms with Gasteiger partial charge in [0.15, 0.2) is 18.4 Å². The van der Waals surface area contributed by atoms with Gasteiger partial charge in [-0.05, 0) is 29.7 Å². The first-order valence-electron chi connectivity index (χ1n) is 12.7. The van der Waals surface area contributed by atoms with E-state index in [0.717, 1.165) is 16.7 Å². The number of allylic oxidation sites excluding steroid dienone is 1. The van der Waals surface area contributed by atoms with E-state index in [2.05, 4.69) is 5.32 Å². The van der Waals surface area contributed by atoms with Gasteiger partial charge in [-0.15, -0.1) is 0 Å². The predicted octanol–water partition coefficient (Wildman–Crippen LogP) is 4.76. The van der Waals surface area contributed by atoms with E-state index in [0.29, 0.717) is 19.8 Å². The third-order valence-electron chi connectivity index (χ3n) is 6.17. The van der Waals surface area contributed by atoms with Crippen LogP contribution in [-0.4, -0.2) is 43.7 Å². The monoisotopic (exact) mass is 517 g/mol. The van der Waals surface area contributed by atoms with Gasteiger partial charge in [0, 0.05) is 13.3 Å². The van der Waals surface area contributed by atoms with Crippen LogP contribution < -0.4 is 5.32 Å². The SMILES string of the molecule is CO[C@H]1O[C@H](OCc2ccccc2)[C@@H](OCc2ccccc2)[C@H](OCc2ccccc2)[C@H]1N/C=C\C(C)=O. The maximum Gasteiger partial charge on any atom is 0.189 e. The number of ketones is 1. The summed E-state index contributed by atoms with van der Waals surface area (Å²) in [5, 5.41) is 3.25. The molecule has 0 radical (unpaired) electrons. The van der Waals surface area contributed by atoms with Gasteiger partial charge in [-0.25, -0.2) is 0 Å². The number of hydrogen-bond acceptors (Lipinski definition) is 7.